The lowest BCUT2D eigenvalue weighted by atomic mass is 10.3. The van der Waals surface area contributed by atoms with E-state index in [0.29, 0.717) is 11.4 Å². The second kappa shape index (κ2) is 6.12. The molecule has 0 aliphatic heterocycles. The van der Waals surface area contributed by atoms with Crippen LogP contribution in [0.3, 0.4) is 0 Å². The van der Waals surface area contributed by atoms with Crippen molar-refractivity contribution >= 4 is 15.5 Å². The molecule has 0 bridgehead atoms. The van der Waals surface area contributed by atoms with Crippen LogP contribution in [0.25, 0.3) is 0 Å². The number of nitrogens with one attached hydrogen (secondary N) is 1. The first-order chi connectivity index (χ1) is 10.6. The predicted octanol–water partition coefficient (Wildman–Crippen LogP) is 2.75. The molecule has 0 spiro atoms. The summed E-state index contributed by atoms with van der Waals surface area (Å²) in [5.74, 6) is 0.907. The standard InChI is InChI=1S/C16H21N3O2S/c1-19-10-9-17-16(19)12-18-13-5-4-8-15(11-13)22(20,21)14-6-2-3-7-14/h4-5,8-11,14,18H,2-3,6-7,12H2,1H3. The maximum absolute atomic E-state index is 12.6. The fourth-order valence-electron chi connectivity index (χ4n) is 2.92. The molecule has 118 valence electrons. The van der Waals surface area contributed by atoms with Gasteiger partial charge in [0.2, 0.25) is 0 Å². The van der Waals surface area contributed by atoms with Crippen LogP contribution in [-0.4, -0.2) is 23.2 Å². The number of rotatable bonds is 5. The molecular weight excluding hydrogens is 298 g/mol. The lowest BCUT2D eigenvalue weighted by molar-refractivity contribution is 0.579. The molecule has 1 saturated carbocycles. The number of sulfone groups is 1. The summed E-state index contributed by atoms with van der Waals surface area (Å²) in [6, 6.07) is 7.11. The molecule has 1 aliphatic carbocycles. The minimum atomic E-state index is -3.20. The Kier molecular flexibility index (Phi) is 4.20. The van der Waals surface area contributed by atoms with Crippen LogP contribution in [0.5, 0.6) is 0 Å². The zero-order valence-electron chi connectivity index (χ0n) is 12.7. The monoisotopic (exact) mass is 319 g/mol. The molecule has 0 amide bonds. The van der Waals surface area contributed by atoms with E-state index in [9.17, 15) is 8.42 Å². The van der Waals surface area contributed by atoms with Gasteiger partial charge in [0.05, 0.1) is 16.7 Å². The minimum Gasteiger partial charge on any atom is -0.378 e. The van der Waals surface area contributed by atoms with Gasteiger partial charge in [-0.15, -0.1) is 0 Å². The summed E-state index contributed by atoms with van der Waals surface area (Å²) in [6.07, 6.45) is 7.23. The van der Waals surface area contributed by atoms with Gasteiger partial charge in [-0.2, -0.15) is 0 Å². The first-order valence-electron chi connectivity index (χ1n) is 7.61. The third kappa shape index (κ3) is 3.02. The Balaban J connectivity index is 1.76. The third-order valence-electron chi connectivity index (χ3n) is 4.28. The van der Waals surface area contributed by atoms with E-state index in [1.54, 1.807) is 24.4 Å². The molecule has 3 rings (SSSR count). The number of anilines is 1. The Morgan fingerprint density at radius 2 is 2.09 bits per heavy atom. The average molecular weight is 319 g/mol. The molecule has 0 unspecified atom stereocenters. The van der Waals surface area contributed by atoms with Gasteiger partial charge < -0.3 is 9.88 Å². The quantitative estimate of drug-likeness (QED) is 0.920. The van der Waals surface area contributed by atoms with Crippen molar-refractivity contribution in [3.63, 3.8) is 0 Å². The molecule has 1 N–H and O–H groups in total. The van der Waals surface area contributed by atoms with E-state index >= 15 is 0 Å². The fourth-order valence-corrected chi connectivity index (χ4v) is 4.82. The molecular formula is C16H21N3O2S. The van der Waals surface area contributed by atoms with E-state index in [2.05, 4.69) is 10.3 Å². The first-order valence-corrected chi connectivity index (χ1v) is 9.16. The molecule has 1 aliphatic rings. The highest BCUT2D eigenvalue weighted by Crippen LogP contribution is 2.30. The molecule has 22 heavy (non-hydrogen) atoms. The molecule has 0 radical (unpaired) electrons. The summed E-state index contributed by atoms with van der Waals surface area (Å²) in [4.78, 5) is 4.67. The number of hydrogen-bond acceptors (Lipinski definition) is 4. The van der Waals surface area contributed by atoms with Crippen molar-refractivity contribution in [1.82, 2.24) is 9.55 Å². The number of aryl methyl sites for hydroxylation is 1. The van der Waals surface area contributed by atoms with E-state index in [1.807, 2.05) is 23.9 Å². The summed E-state index contributed by atoms with van der Waals surface area (Å²) >= 11 is 0. The van der Waals surface area contributed by atoms with Crippen LogP contribution in [0.15, 0.2) is 41.6 Å². The van der Waals surface area contributed by atoms with E-state index < -0.39 is 9.84 Å². The number of aromatic nitrogens is 2. The van der Waals surface area contributed by atoms with Crippen LogP contribution in [0, 0.1) is 0 Å². The zero-order valence-corrected chi connectivity index (χ0v) is 13.5. The van der Waals surface area contributed by atoms with Crippen molar-refractivity contribution in [3.05, 3.63) is 42.5 Å². The second-order valence-electron chi connectivity index (χ2n) is 5.79. The SMILES string of the molecule is Cn1ccnc1CNc1cccc(S(=O)(=O)C2CCCC2)c1. The summed E-state index contributed by atoms with van der Waals surface area (Å²) < 4.78 is 27.2. The summed E-state index contributed by atoms with van der Waals surface area (Å²) in [5.41, 5.74) is 0.807. The summed E-state index contributed by atoms with van der Waals surface area (Å²) in [7, 11) is -1.27. The Bertz CT molecular complexity index is 746. The Hall–Kier alpha value is -1.82. The number of nitrogens with zero attached hydrogens (tertiary/aromatic N) is 2. The van der Waals surface area contributed by atoms with Crippen molar-refractivity contribution in [2.24, 2.45) is 7.05 Å². The maximum atomic E-state index is 12.6. The van der Waals surface area contributed by atoms with E-state index in [4.69, 9.17) is 0 Å². The van der Waals surface area contributed by atoms with Crippen molar-refractivity contribution in [3.8, 4) is 0 Å². The van der Waals surface area contributed by atoms with Gasteiger partial charge >= 0.3 is 0 Å². The average Bonchev–Trinajstić information content (AvgIpc) is 3.17. The molecule has 0 atom stereocenters. The lowest BCUT2D eigenvalue weighted by Crippen LogP contribution is -2.18. The lowest BCUT2D eigenvalue weighted by Gasteiger charge is -2.13. The van der Waals surface area contributed by atoms with Crippen LogP contribution >= 0.6 is 0 Å². The normalized spacial score (nSPS) is 16.0. The molecule has 1 fully saturated rings. The van der Waals surface area contributed by atoms with Crippen molar-refractivity contribution in [2.45, 2.75) is 42.4 Å². The molecule has 1 heterocycles. The molecule has 1 aromatic heterocycles. The van der Waals surface area contributed by atoms with Crippen LogP contribution in [0.1, 0.15) is 31.5 Å². The second-order valence-corrected chi connectivity index (χ2v) is 8.02. The third-order valence-corrected chi connectivity index (χ3v) is 6.54. The smallest absolute Gasteiger partial charge is 0.181 e. The molecule has 2 aromatic rings. The number of hydrogen-bond donors (Lipinski definition) is 1. The van der Waals surface area contributed by atoms with Crippen LogP contribution in [0.4, 0.5) is 5.69 Å². The molecule has 5 nitrogen and oxygen atoms in total. The van der Waals surface area contributed by atoms with Gasteiger partial charge in [-0.05, 0) is 31.0 Å². The van der Waals surface area contributed by atoms with Gasteiger partial charge in [0.15, 0.2) is 9.84 Å². The van der Waals surface area contributed by atoms with Crippen molar-refractivity contribution < 1.29 is 8.42 Å². The van der Waals surface area contributed by atoms with Crippen LogP contribution < -0.4 is 5.32 Å². The Morgan fingerprint density at radius 1 is 1.32 bits per heavy atom. The van der Waals surface area contributed by atoms with Crippen LogP contribution in [-0.2, 0) is 23.4 Å². The highest BCUT2D eigenvalue weighted by Gasteiger charge is 2.30. The van der Waals surface area contributed by atoms with Crippen LogP contribution in [0.2, 0.25) is 0 Å². The van der Waals surface area contributed by atoms with E-state index in [1.165, 1.54) is 0 Å². The topological polar surface area (TPSA) is 64.0 Å². The summed E-state index contributed by atoms with van der Waals surface area (Å²) in [5, 5.41) is 3.03. The Labute approximate surface area is 131 Å². The van der Waals surface area contributed by atoms with Gasteiger partial charge in [0, 0.05) is 25.1 Å². The molecule has 1 aromatic carbocycles. The first kappa shape index (κ1) is 15.1. The number of imidazole rings is 1. The molecule has 0 saturated heterocycles. The van der Waals surface area contributed by atoms with E-state index in [0.717, 1.165) is 37.2 Å². The molecule has 6 heteroatoms. The van der Waals surface area contributed by atoms with Gasteiger partial charge in [-0.1, -0.05) is 18.9 Å². The highest BCUT2D eigenvalue weighted by atomic mass is 32.2. The summed E-state index contributed by atoms with van der Waals surface area (Å²) in [6.45, 7) is 0.566. The van der Waals surface area contributed by atoms with Crippen molar-refractivity contribution in [2.75, 3.05) is 5.32 Å². The largest absolute Gasteiger partial charge is 0.378 e. The van der Waals surface area contributed by atoms with E-state index in [-0.39, 0.29) is 5.25 Å². The predicted molar refractivity (Wildman–Crippen MR) is 86.4 cm³/mol. The number of benzene rings is 1. The minimum absolute atomic E-state index is 0.211. The highest BCUT2D eigenvalue weighted by molar-refractivity contribution is 7.92. The van der Waals surface area contributed by atoms with Gasteiger partial charge in [0.25, 0.3) is 0 Å². The van der Waals surface area contributed by atoms with Gasteiger partial charge in [-0.3, -0.25) is 0 Å². The Morgan fingerprint density at radius 3 is 2.77 bits per heavy atom. The van der Waals surface area contributed by atoms with Gasteiger partial charge in [-0.25, -0.2) is 13.4 Å². The maximum Gasteiger partial charge on any atom is 0.181 e. The van der Waals surface area contributed by atoms with Crippen molar-refractivity contribution in [1.29, 1.82) is 0 Å². The fraction of sp³-hybridized carbons (Fsp3) is 0.438. The van der Waals surface area contributed by atoms with Gasteiger partial charge in [0.1, 0.15) is 5.82 Å². The zero-order chi connectivity index (χ0) is 15.6.